The summed E-state index contributed by atoms with van der Waals surface area (Å²) < 4.78 is 16.5. The molecule has 1 atom stereocenters. The predicted octanol–water partition coefficient (Wildman–Crippen LogP) is 2.72. The number of hydrogen-bond acceptors (Lipinski definition) is 4. The first-order valence-corrected chi connectivity index (χ1v) is 5.80. The second kappa shape index (κ2) is 5.03. The SMILES string of the molecule is CC(Cc1ccc(F)cc1)Nc1cnns1. The highest BCUT2D eigenvalue weighted by Gasteiger charge is 2.05. The molecular weight excluding hydrogens is 225 g/mol. The molecule has 2 aromatic rings. The summed E-state index contributed by atoms with van der Waals surface area (Å²) in [6.07, 6.45) is 2.55. The van der Waals surface area contributed by atoms with Gasteiger partial charge in [0.25, 0.3) is 0 Å². The van der Waals surface area contributed by atoms with Crippen LogP contribution in [-0.2, 0) is 6.42 Å². The van der Waals surface area contributed by atoms with Gasteiger partial charge < -0.3 is 5.32 Å². The van der Waals surface area contributed by atoms with E-state index in [4.69, 9.17) is 0 Å². The summed E-state index contributed by atoms with van der Waals surface area (Å²) in [6.45, 7) is 2.07. The monoisotopic (exact) mass is 237 g/mol. The Morgan fingerprint density at radius 3 is 2.75 bits per heavy atom. The Hall–Kier alpha value is -1.49. The molecule has 1 aromatic heterocycles. The van der Waals surface area contributed by atoms with E-state index in [1.165, 1.54) is 23.7 Å². The highest BCUT2D eigenvalue weighted by molar-refractivity contribution is 7.09. The molecule has 0 spiro atoms. The Balaban J connectivity index is 1.92. The van der Waals surface area contributed by atoms with Crippen molar-refractivity contribution in [1.82, 2.24) is 9.59 Å². The van der Waals surface area contributed by atoms with Crippen molar-refractivity contribution in [2.45, 2.75) is 19.4 Å². The number of benzene rings is 1. The lowest BCUT2D eigenvalue weighted by atomic mass is 10.1. The Kier molecular flexibility index (Phi) is 3.46. The Morgan fingerprint density at radius 2 is 2.12 bits per heavy atom. The zero-order valence-corrected chi connectivity index (χ0v) is 9.67. The number of halogens is 1. The van der Waals surface area contributed by atoms with Gasteiger partial charge in [0.05, 0.1) is 6.20 Å². The van der Waals surface area contributed by atoms with E-state index in [-0.39, 0.29) is 11.9 Å². The third-order valence-electron chi connectivity index (χ3n) is 2.21. The molecule has 3 nitrogen and oxygen atoms in total. The third kappa shape index (κ3) is 3.00. The molecule has 0 radical (unpaired) electrons. The average Bonchev–Trinajstić information content (AvgIpc) is 2.74. The van der Waals surface area contributed by atoms with Gasteiger partial charge in [0.2, 0.25) is 0 Å². The first kappa shape index (κ1) is 11.0. The van der Waals surface area contributed by atoms with Crippen molar-refractivity contribution in [3.63, 3.8) is 0 Å². The molecule has 1 heterocycles. The van der Waals surface area contributed by atoms with Crippen molar-refractivity contribution in [3.05, 3.63) is 41.8 Å². The van der Waals surface area contributed by atoms with Gasteiger partial charge in [-0.2, -0.15) is 0 Å². The maximum atomic E-state index is 12.7. The number of hydrogen-bond donors (Lipinski definition) is 1. The lowest BCUT2D eigenvalue weighted by Crippen LogP contribution is -2.17. The molecule has 84 valence electrons. The summed E-state index contributed by atoms with van der Waals surface area (Å²) in [7, 11) is 0. The molecule has 2 rings (SSSR count). The second-order valence-corrected chi connectivity index (χ2v) is 4.44. The molecule has 0 fully saturated rings. The fraction of sp³-hybridized carbons (Fsp3) is 0.273. The lowest BCUT2D eigenvalue weighted by molar-refractivity contribution is 0.626. The second-order valence-electron chi connectivity index (χ2n) is 3.66. The molecule has 5 heteroatoms. The molecule has 0 aliphatic rings. The molecule has 1 N–H and O–H groups in total. The fourth-order valence-electron chi connectivity index (χ4n) is 1.50. The summed E-state index contributed by atoms with van der Waals surface area (Å²) in [5, 5.41) is 7.99. The maximum Gasteiger partial charge on any atom is 0.130 e. The smallest absolute Gasteiger partial charge is 0.130 e. The van der Waals surface area contributed by atoms with Gasteiger partial charge in [-0.05, 0) is 31.0 Å². The van der Waals surface area contributed by atoms with Crippen LogP contribution in [0.15, 0.2) is 30.5 Å². The molecule has 0 aliphatic carbocycles. The first-order chi connectivity index (χ1) is 7.74. The number of nitrogens with one attached hydrogen (secondary N) is 1. The zero-order valence-electron chi connectivity index (χ0n) is 8.85. The summed E-state index contributed by atoms with van der Waals surface area (Å²) in [5.74, 6) is -0.198. The van der Waals surface area contributed by atoms with E-state index in [1.807, 2.05) is 0 Å². The van der Waals surface area contributed by atoms with Crippen molar-refractivity contribution >= 4 is 16.5 Å². The van der Waals surface area contributed by atoms with Gasteiger partial charge in [-0.25, -0.2) is 4.39 Å². The van der Waals surface area contributed by atoms with Gasteiger partial charge in [-0.15, -0.1) is 5.10 Å². The van der Waals surface area contributed by atoms with Crippen LogP contribution < -0.4 is 5.32 Å². The van der Waals surface area contributed by atoms with Crippen LogP contribution in [0.1, 0.15) is 12.5 Å². The van der Waals surface area contributed by atoms with Crippen LogP contribution >= 0.6 is 11.5 Å². The number of aromatic nitrogens is 2. The van der Waals surface area contributed by atoms with Crippen molar-refractivity contribution in [2.24, 2.45) is 0 Å². The van der Waals surface area contributed by atoms with Gasteiger partial charge in [-0.3, -0.25) is 0 Å². The van der Waals surface area contributed by atoms with E-state index in [9.17, 15) is 4.39 Å². The minimum absolute atomic E-state index is 0.198. The van der Waals surface area contributed by atoms with Crippen molar-refractivity contribution in [2.75, 3.05) is 5.32 Å². The number of nitrogens with zero attached hydrogens (tertiary/aromatic N) is 2. The van der Waals surface area contributed by atoms with Crippen LogP contribution in [-0.4, -0.2) is 15.6 Å². The minimum atomic E-state index is -0.198. The highest BCUT2D eigenvalue weighted by Crippen LogP contribution is 2.13. The molecule has 1 aromatic carbocycles. The van der Waals surface area contributed by atoms with Crippen LogP contribution in [0.25, 0.3) is 0 Å². The molecular formula is C11H12FN3S. The van der Waals surface area contributed by atoms with Gasteiger partial charge >= 0.3 is 0 Å². The van der Waals surface area contributed by atoms with Crippen molar-refractivity contribution < 1.29 is 4.39 Å². The third-order valence-corrected chi connectivity index (χ3v) is 2.80. The summed E-state index contributed by atoms with van der Waals surface area (Å²) in [6, 6.07) is 6.84. The maximum absolute atomic E-state index is 12.7. The number of rotatable bonds is 4. The molecule has 0 saturated heterocycles. The van der Waals surface area contributed by atoms with E-state index in [0.29, 0.717) is 0 Å². The van der Waals surface area contributed by atoms with E-state index in [0.717, 1.165) is 17.0 Å². The largest absolute Gasteiger partial charge is 0.372 e. The van der Waals surface area contributed by atoms with Crippen LogP contribution in [0.3, 0.4) is 0 Å². The summed E-state index contributed by atoms with van der Waals surface area (Å²) in [4.78, 5) is 0. The van der Waals surface area contributed by atoms with E-state index in [2.05, 4.69) is 21.8 Å². The standard InChI is InChI=1S/C11H12FN3S/c1-8(14-11-7-13-15-16-11)6-9-2-4-10(12)5-3-9/h2-5,7-8,14H,6H2,1H3. The summed E-state index contributed by atoms with van der Waals surface area (Å²) in [5.41, 5.74) is 1.11. The fourth-order valence-corrected chi connectivity index (χ4v) is 2.03. The molecule has 0 bridgehead atoms. The van der Waals surface area contributed by atoms with Gasteiger partial charge in [0, 0.05) is 17.6 Å². The van der Waals surface area contributed by atoms with Crippen molar-refractivity contribution in [3.8, 4) is 0 Å². The van der Waals surface area contributed by atoms with Gasteiger partial charge in [0.1, 0.15) is 10.8 Å². The lowest BCUT2D eigenvalue weighted by Gasteiger charge is -2.12. The molecule has 0 amide bonds. The van der Waals surface area contributed by atoms with E-state index >= 15 is 0 Å². The minimum Gasteiger partial charge on any atom is -0.372 e. The van der Waals surface area contributed by atoms with E-state index < -0.39 is 0 Å². The molecule has 16 heavy (non-hydrogen) atoms. The normalized spacial score (nSPS) is 12.4. The van der Waals surface area contributed by atoms with E-state index in [1.54, 1.807) is 18.3 Å². The molecule has 1 unspecified atom stereocenters. The summed E-state index contributed by atoms with van der Waals surface area (Å²) >= 11 is 1.33. The predicted molar refractivity (Wildman–Crippen MR) is 63.1 cm³/mol. The highest BCUT2D eigenvalue weighted by atomic mass is 32.1. The van der Waals surface area contributed by atoms with Crippen LogP contribution in [0.4, 0.5) is 9.39 Å². The quantitative estimate of drug-likeness (QED) is 0.888. The number of anilines is 1. The molecule has 0 saturated carbocycles. The molecule has 0 aliphatic heterocycles. The van der Waals surface area contributed by atoms with Crippen molar-refractivity contribution in [1.29, 1.82) is 0 Å². The Morgan fingerprint density at radius 1 is 1.38 bits per heavy atom. The average molecular weight is 237 g/mol. The van der Waals surface area contributed by atoms with Crippen LogP contribution in [0.5, 0.6) is 0 Å². The van der Waals surface area contributed by atoms with Crippen LogP contribution in [0.2, 0.25) is 0 Å². The first-order valence-electron chi connectivity index (χ1n) is 5.02. The van der Waals surface area contributed by atoms with Gasteiger partial charge in [0.15, 0.2) is 0 Å². The Labute approximate surface area is 97.5 Å². The Bertz CT molecular complexity index is 427. The van der Waals surface area contributed by atoms with Gasteiger partial charge in [-0.1, -0.05) is 16.6 Å². The van der Waals surface area contributed by atoms with Crippen LogP contribution in [0, 0.1) is 5.82 Å². The zero-order chi connectivity index (χ0) is 11.4. The topological polar surface area (TPSA) is 37.8 Å².